The molecular weight excluding hydrogens is 234 g/mol. The lowest BCUT2D eigenvalue weighted by molar-refractivity contribution is -0.385. The number of nitrogens with zero attached hydrogens (tertiary/aromatic N) is 2. The number of aryl methyl sites for hydroxylation is 1. The predicted molar refractivity (Wildman–Crippen MR) is 66.2 cm³/mol. The summed E-state index contributed by atoms with van der Waals surface area (Å²) in [5.41, 5.74) is 5.35. The maximum atomic E-state index is 10.8. The van der Waals surface area contributed by atoms with Gasteiger partial charge in [-0.2, -0.15) is 5.26 Å². The molecule has 0 saturated carbocycles. The van der Waals surface area contributed by atoms with E-state index in [4.69, 9.17) is 15.7 Å². The third kappa shape index (κ3) is 3.71. The van der Waals surface area contributed by atoms with Crippen LogP contribution in [0.25, 0.3) is 0 Å². The van der Waals surface area contributed by atoms with Crippen LogP contribution in [0.1, 0.15) is 18.9 Å². The summed E-state index contributed by atoms with van der Waals surface area (Å²) in [4.78, 5) is 10.3. The molecule has 0 aliphatic heterocycles. The first-order valence-corrected chi connectivity index (χ1v) is 5.44. The van der Waals surface area contributed by atoms with E-state index < -0.39 is 10.5 Å². The Hall–Kier alpha value is -2.13. The monoisotopic (exact) mass is 249 g/mol. The van der Waals surface area contributed by atoms with Crippen molar-refractivity contribution in [2.45, 2.75) is 25.8 Å². The quantitative estimate of drug-likeness (QED) is 0.634. The Balaban J connectivity index is 2.74. The molecule has 2 N–H and O–H groups in total. The van der Waals surface area contributed by atoms with Crippen molar-refractivity contribution in [2.24, 2.45) is 5.73 Å². The highest BCUT2D eigenvalue weighted by Crippen LogP contribution is 2.28. The van der Waals surface area contributed by atoms with E-state index in [2.05, 4.69) is 0 Å². The zero-order valence-corrected chi connectivity index (χ0v) is 10.3. The van der Waals surface area contributed by atoms with Crippen LogP contribution < -0.4 is 10.5 Å². The Bertz CT molecular complexity index is 492. The molecule has 0 fully saturated rings. The maximum absolute atomic E-state index is 10.8. The average Bonchev–Trinajstić information content (AvgIpc) is 2.30. The number of hydrogen-bond acceptors (Lipinski definition) is 5. The minimum atomic E-state index is -0.987. The van der Waals surface area contributed by atoms with Gasteiger partial charge in [-0.05, 0) is 25.5 Å². The third-order valence-corrected chi connectivity index (χ3v) is 2.45. The number of nitro benzene ring substituents is 1. The number of nitro groups is 1. The van der Waals surface area contributed by atoms with Crippen molar-refractivity contribution in [1.82, 2.24) is 0 Å². The second-order valence-electron chi connectivity index (χ2n) is 4.36. The summed E-state index contributed by atoms with van der Waals surface area (Å²) in [5, 5.41) is 19.6. The van der Waals surface area contributed by atoms with Crippen molar-refractivity contribution < 1.29 is 9.66 Å². The highest BCUT2D eigenvalue weighted by atomic mass is 16.6. The topological polar surface area (TPSA) is 102 Å². The van der Waals surface area contributed by atoms with Gasteiger partial charge in [-0.25, -0.2) is 0 Å². The van der Waals surface area contributed by atoms with E-state index in [1.807, 2.05) is 6.07 Å². The van der Waals surface area contributed by atoms with Crippen molar-refractivity contribution >= 4 is 5.69 Å². The largest absolute Gasteiger partial charge is 0.487 e. The molecule has 1 atom stereocenters. The SMILES string of the molecule is Cc1ccc(OCCC(C)(N)C#N)c([N+](=O)[O-])c1. The second kappa shape index (κ2) is 5.47. The predicted octanol–water partition coefficient (Wildman–Crippen LogP) is 1.91. The molecule has 1 rings (SSSR count). The third-order valence-electron chi connectivity index (χ3n) is 2.45. The normalized spacial score (nSPS) is 13.4. The fraction of sp³-hybridized carbons (Fsp3) is 0.417. The van der Waals surface area contributed by atoms with Gasteiger partial charge in [0.15, 0.2) is 5.75 Å². The van der Waals surface area contributed by atoms with E-state index in [0.717, 1.165) is 5.56 Å². The number of nitriles is 1. The van der Waals surface area contributed by atoms with Gasteiger partial charge < -0.3 is 10.5 Å². The Labute approximate surface area is 105 Å². The summed E-state index contributed by atoms with van der Waals surface area (Å²) in [6.45, 7) is 3.51. The molecule has 0 amide bonds. The molecule has 0 saturated heterocycles. The molecule has 18 heavy (non-hydrogen) atoms. The van der Waals surface area contributed by atoms with Gasteiger partial charge in [-0.15, -0.1) is 0 Å². The Morgan fingerprint density at radius 1 is 1.61 bits per heavy atom. The molecule has 1 aromatic rings. The molecule has 0 spiro atoms. The average molecular weight is 249 g/mol. The van der Waals surface area contributed by atoms with Crippen LogP contribution in [0.3, 0.4) is 0 Å². The number of nitrogens with two attached hydrogens (primary N) is 1. The second-order valence-corrected chi connectivity index (χ2v) is 4.36. The lowest BCUT2D eigenvalue weighted by atomic mass is 10.0. The minimum absolute atomic E-state index is 0.0781. The zero-order chi connectivity index (χ0) is 13.8. The summed E-state index contributed by atoms with van der Waals surface area (Å²) >= 11 is 0. The smallest absolute Gasteiger partial charge is 0.311 e. The molecule has 0 heterocycles. The van der Waals surface area contributed by atoms with E-state index in [-0.39, 0.29) is 18.0 Å². The van der Waals surface area contributed by atoms with Crippen LogP contribution >= 0.6 is 0 Å². The Morgan fingerprint density at radius 2 is 2.28 bits per heavy atom. The van der Waals surface area contributed by atoms with Crippen LogP contribution in [0.15, 0.2) is 18.2 Å². The van der Waals surface area contributed by atoms with E-state index in [1.54, 1.807) is 26.0 Å². The molecule has 96 valence electrons. The van der Waals surface area contributed by atoms with Gasteiger partial charge in [0.1, 0.15) is 5.54 Å². The molecule has 0 aliphatic carbocycles. The van der Waals surface area contributed by atoms with Crippen molar-refractivity contribution in [2.75, 3.05) is 6.61 Å². The summed E-state index contributed by atoms with van der Waals surface area (Å²) in [6.07, 6.45) is 0.300. The lowest BCUT2D eigenvalue weighted by Crippen LogP contribution is -2.35. The van der Waals surface area contributed by atoms with Crippen molar-refractivity contribution in [3.63, 3.8) is 0 Å². The molecule has 6 nitrogen and oxygen atoms in total. The number of benzene rings is 1. The Morgan fingerprint density at radius 3 is 2.83 bits per heavy atom. The summed E-state index contributed by atoms with van der Waals surface area (Å²) < 4.78 is 5.32. The fourth-order valence-electron chi connectivity index (χ4n) is 1.32. The highest BCUT2D eigenvalue weighted by molar-refractivity contribution is 5.48. The van der Waals surface area contributed by atoms with Crippen LogP contribution in [0.4, 0.5) is 5.69 Å². The summed E-state index contributed by atoms with van der Waals surface area (Å²) in [7, 11) is 0. The molecule has 1 unspecified atom stereocenters. The van der Waals surface area contributed by atoms with Crippen LogP contribution in [0, 0.1) is 28.4 Å². The van der Waals surface area contributed by atoms with Gasteiger partial charge >= 0.3 is 5.69 Å². The number of rotatable bonds is 5. The fourth-order valence-corrected chi connectivity index (χ4v) is 1.32. The molecule has 0 bridgehead atoms. The van der Waals surface area contributed by atoms with Crippen molar-refractivity contribution in [3.05, 3.63) is 33.9 Å². The standard InChI is InChI=1S/C12H15N3O3/c1-9-3-4-11(10(7-9)15(16)17)18-6-5-12(2,14)8-13/h3-4,7H,5-6,14H2,1-2H3. The molecule has 0 aromatic heterocycles. The first-order chi connectivity index (χ1) is 8.35. The molecule has 6 heteroatoms. The number of hydrogen-bond donors (Lipinski definition) is 1. The van der Waals surface area contributed by atoms with Gasteiger partial charge in [-0.3, -0.25) is 10.1 Å². The van der Waals surface area contributed by atoms with E-state index >= 15 is 0 Å². The van der Waals surface area contributed by atoms with E-state index in [0.29, 0.717) is 6.42 Å². The minimum Gasteiger partial charge on any atom is -0.487 e. The summed E-state index contributed by atoms with van der Waals surface area (Å²) in [6, 6.07) is 6.66. The van der Waals surface area contributed by atoms with Crippen molar-refractivity contribution in [1.29, 1.82) is 5.26 Å². The van der Waals surface area contributed by atoms with Gasteiger partial charge in [0, 0.05) is 12.5 Å². The molecule has 1 aromatic carbocycles. The highest BCUT2D eigenvalue weighted by Gasteiger charge is 2.19. The van der Waals surface area contributed by atoms with Gasteiger partial charge in [0.2, 0.25) is 0 Å². The van der Waals surface area contributed by atoms with Gasteiger partial charge in [-0.1, -0.05) is 6.07 Å². The maximum Gasteiger partial charge on any atom is 0.311 e. The Kier molecular flexibility index (Phi) is 4.23. The lowest BCUT2D eigenvalue weighted by Gasteiger charge is -2.15. The van der Waals surface area contributed by atoms with Crippen LogP contribution in [-0.4, -0.2) is 17.1 Å². The molecule has 0 radical (unpaired) electrons. The van der Waals surface area contributed by atoms with E-state index in [1.165, 1.54) is 6.07 Å². The van der Waals surface area contributed by atoms with Crippen LogP contribution in [0.5, 0.6) is 5.75 Å². The van der Waals surface area contributed by atoms with E-state index in [9.17, 15) is 10.1 Å². The summed E-state index contributed by atoms with van der Waals surface area (Å²) in [5.74, 6) is 0.194. The zero-order valence-electron chi connectivity index (χ0n) is 10.3. The first-order valence-electron chi connectivity index (χ1n) is 5.44. The number of ether oxygens (including phenoxy) is 1. The molecular formula is C12H15N3O3. The van der Waals surface area contributed by atoms with Crippen LogP contribution in [0.2, 0.25) is 0 Å². The first kappa shape index (κ1) is 13.9. The van der Waals surface area contributed by atoms with Gasteiger partial charge in [0.05, 0.1) is 17.6 Å². The van der Waals surface area contributed by atoms with Gasteiger partial charge in [0.25, 0.3) is 0 Å². The van der Waals surface area contributed by atoms with Crippen molar-refractivity contribution in [3.8, 4) is 11.8 Å². The van der Waals surface area contributed by atoms with Crippen LogP contribution in [-0.2, 0) is 0 Å². The molecule has 0 aliphatic rings.